The average Bonchev–Trinajstić information content (AvgIpc) is 2.60. The van der Waals surface area contributed by atoms with Gasteiger partial charge in [0.25, 0.3) is 0 Å². The molecule has 2 aliphatic heterocycles. The number of ether oxygens (including phenoxy) is 1. The van der Waals surface area contributed by atoms with Gasteiger partial charge in [0.1, 0.15) is 0 Å². The van der Waals surface area contributed by atoms with Crippen LogP contribution in [0.5, 0.6) is 0 Å². The number of hydrogen-bond donors (Lipinski definition) is 1. The first-order chi connectivity index (χ1) is 7.72. The van der Waals surface area contributed by atoms with Crippen LogP contribution in [0, 0.1) is 0 Å². The molecule has 2 fully saturated rings. The summed E-state index contributed by atoms with van der Waals surface area (Å²) in [5.74, 6) is 0.262. The summed E-state index contributed by atoms with van der Waals surface area (Å²) < 4.78 is 5.54. The van der Waals surface area contributed by atoms with E-state index in [-0.39, 0.29) is 18.2 Å². The molecule has 0 spiro atoms. The Kier molecular flexibility index (Phi) is 3.82. The van der Waals surface area contributed by atoms with E-state index in [1.165, 1.54) is 0 Å². The Hall–Kier alpha value is -0.610. The van der Waals surface area contributed by atoms with E-state index in [0.29, 0.717) is 12.6 Å². The molecule has 4 heteroatoms. The van der Waals surface area contributed by atoms with E-state index in [1.807, 2.05) is 0 Å². The van der Waals surface area contributed by atoms with Gasteiger partial charge >= 0.3 is 0 Å². The van der Waals surface area contributed by atoms with Gasteiger partial charge in [0.2, 0.25) is 5.91 Å². The SMILES string of the molecule is CCCC1NCC(=O)N1C1CCOC(C)C1. The zero-order valence-corrected chi connectivity index (χ0v) is 10.2. The molecule has 4 nitrogen and oxygen atoms in total. The van der Waals surface area contributed by atoms with E-state index >= 15 is 0 Å². The number of carbonyl (C=O) groups is 1. The van der Waals surface area contributed by atoms with Crippen molar-refractivity contribution >= 4 is 5.91 Å². The maximum absolute atomic E-state index is 11.9. The Morgan fingerprint density at radius 2 is 2.38 bits per heavy atom. The molecule has 2 aliphatic rings. The predicted molar refractivity (Wildman–Crippen MR) is 62.0 cm³/mol. The zero-order valence-electron chi connectivity index (χ0n) is 10.2. The van der Waals surface area contributed by atoms with Crippen molar-refractivity contribution in [2.75, 3.05) is 13.2 Å². The summed E-state index contributed by atoms with van der Waals surface area (Å²) in [4.78, 5) is 14.0. The molecule has 0 aromatic rings. The Morgan fingerprint density at radius 3 is 3.06 bits per heavy atom. The molecule has 2 rings (SSSR count). The fourth-order valence-corrected chi connectivity index (χ4v) is 2.77. The third-order valence-corrected chi connectivity index (χ3v) is 3.53. The van der Waals surface area contributed by atoms with Gasteiger partial charge in [0.05, 0.1) is 18.8 Å². The van der Waals surface area contributed by atoms with Gasteiger partial charge in [-0.25, -0.2) is 0 Å². The van der Waals surface area contributed by atoms with E-state index < -0.39 is 0 Å². The smallest absolute Gasteiger partial charge is 0.238 e. The molecule has 3 atom stereocenters. The maximum atomic E-state index is 11.9. The molecular weight excluding hydrogens is 204 g/mol. The Labute approximate surface area is 97.3 Å². The van der Waals surface area contributed by atoms with Crippen LogP contribution in [0.3, 0.4) is 0 Å². The second-order valence-corrected chi connectivity index (χ2v) is 4.85. The molecule has 2 saturated heterocycles. The van der Waals surface area contributed by atoms with Gasteiger partial charge < -0.3 is 9.64 Å². The minimum Gasteiger partial charge on any atom is -0.378 e. The van der Waals surface area contributed by atoms with E-state index in [2.05, 4.69) is 24.1 Å². The number of carbonyl (C=O) groups excluding carboxylic acids is 1. The van der Waals surface area contributed by atoms with Crippen molar-refractivity contribution in [1.29, 1.82) is 0 Å². The lowest BCUT2D eigenvalue weighted by Crippen LogP contribution is -2.48. The van der Waals surface area contributed by atoms with Crippen molar-refractivity contribution in [2.45, 2.75) is 57.8 Å². The fourth-order valence-electron chi connectivity index (χ4n) is 2.77. The van der Waals surface area contributed by atoms with Crippen LogP contribution in [-0.4, -0.2) is 42.3 Å². The predicted octanol–water partition coefficient (Wildman–Crippen LogP) is 1.11. The summed E-state index contributed by atoms with van der Waals surface area (Å²) in [5.41, 5.74) is 0. The number of nitrogens with one attached hydrogen (secondary N) is 1. The summed E-state index contributed by atoms with van der Waals surface area (Å²) in [5, 5.41) is 3.31. The molecule has 2 heterocycles. The quantitative estimate of drug-likeness (QED) is 0.784. The van der Waals surface area contributed by atoms with Gasteiger partial charge in [-0.05, 0) is 26.2 Å². The Balaban J connectivity index is 2.01. The second-order valence-electron chi connectivity index (χ2n) is 4.85. The molecule has 1 amide bonds. The minimum atomic E-state index is 0.257. The molecule has 1 N–H and O–H groups in total. The van der Waals surface area contributed by atoms with Crippen LogP contribution in [0.1, 0.15) is 39.5 Å². The van der Waals surface area contributed by atoms with Crippen molar-refractivity contribution in [3.8, 4) is 0 Å². The molecule has 0 radical (unpaired) electrons. The van der Waals surface area contributed by atoms with Gasteiger partial charge in [-0.15, -0.1) is 0 Å². The van der Waals surface area contributed by atoms with Crippen molar-refractivity contribution in [2.24, 2.45) is 0 Å². The van der Waals surface area contributed by atoms with E-state index in [0.717, 1.165) is 32.3 Å². The molecular formula is C12H22N2O2. The topological polar surface area (TPSA) is 41.6 Å². The summed E-state index contributed by atoms with van der Waals surface area (Å²) in [7, 11) is 0. The lowest BCUT2D eigenvalue weighted by Gasteiger charge is -2.37. The summed E-state index contributed by atoms with van der Waals surface area (Å²) >= 11 is 0. The molecule has 0 aromatic carbocycles. The Morgan fingerprint density at radius 1 is 1.56 bits per heavy atom. The van der Waals surface area contributed by atoms with Crippen LogP contribution >= 0.6 is 0 Å². The fraction of sp³-hybridized carbons (Fsp3) is 0.917. The molecule has 92 valence electrons. The largest absolute Gasteiger partial charge is 0.378 e. The van der Waals surface area contributed by atoms with Gasteiger partial charge in [-0.3, -0.25) is 10.1 Å². The van der Waals surface area contributed by atoms with Crippen molar-refractivity contribution in [3.63, 3.8) is 0 Å². The van der Waals surface area contributed by atoms with Crippen LogP contribution < -0.4 is 5.32 Å². The first kappa shape index (κ1) is 11.9. The van der Waals surface area contributed by atoms with Crippen LogP contribution in [0.15, 0.2) is 0 Å². The molecule has 0 aromatic heterocycles. The molecule has 0 bridgehead atoms. The number of nitrogens with zero attached hydrogens (tertiary/aromatic N) is 1. The van der Waals surface area contributed by atoms with Crippen LogP contribution in [0.25, 0.3) is 0 Å². The first-order valence-electron chi connectivity index (χ1n) is 6.38. The lowest BCUT2D eigenvalue weighted by molar-refractivity contribution is -0.133. The highest BCUT2D eigenvalue weighted by molar-refractivity contribution is 5.81. The van der Waals surface area contributed by atoms with E-state index in [9.17, 15) is 4.79 Å². The standard InChI is InChI=1S/C12H22N2O2/c1-3-4-11-13-8-12(15)14(11)10-5-6-16-9(2)7-10/h9-11,13H,3-8H2,1-2H3. The van der Waals surface area contributed by atoms with E-state index in [4.69, 9.17) is 4.74 Å². The first-order valence-corrected chi connectivity index (χ1v) is 6.38. The third-order valence-electron chi connectivity index (χ3n) is 3.53. The van der Waals surface area contributed by atoms with Gasteiger partial charge in [-0.2, -0.15) is 0 Å². The van der Waals surface area contributed by atoms with Gasteiger partial charge in [0, 0.05) is 12.6 Å². The zero-order chi connectivity index (χ0) is 11.5. The maximum Gasteiger partial charge on any atom is 0.238 e. The normalized spacial score (nSPS) is 35.8. The van der Waals surface area contributed by atoms with Crippen LogP contribution in [0.2, 0.25) is 0 Å². The third kappa shape index (κ3) is 2.38. The monoisotopic (exact) mass is 226 g/mol. The highest BCUT2D eigenvalue weighted by Gasteiger charge is 2.36. The highest BCUT2D eigenvalue weighted by atomic mass is 16.5. The van der Waals surface area contributed by atoms with Crippen LogP contribution in [-0.2, 0) is 9.53 Å². The molecule has 0 aliphatic carbocycles. The van der Waals surface area contributed by atoms with Crippen LogP contribution in [0.4, 0.5) is 0 Å². The summed E-state index contributed by atoms with van der Waals surface area (Å²) in [6.45, 7) is 5.55. The van der Waals surface area contributed by atoms with Gasteiger partial charge in [0.15, 0.2) is 0 Å². The van der Waals surface area contributed by atoms with Gasteiger partial charge in [-0.1, -0.05) is 13.3 Å². The number of rotatable bonds is 3. The van der Waals surface area contributed by atoms with Crippen molar-refractivity contribution in [1.82, 2.24) is 10.2 Å². The second kappa shape index (κ2) is 5.15. The Bertz CT molecular complexity index is 257. The minimum absolute atomic E-state index is 0.257. The van der Waals surface area contributed by atoms with Crippen molar-refractivity contribution in [3.05, 3.63) is 0 Å². The number of hydrogen-bond acceptors (Lipinski definition) is 3. The summed E-state index contributed by atoms with van der Waals surface area (Å²) in [6, 6.07) is 0.378. The molecule has 0 saturated carbocycles. The van der Waals surface area contributed by atoms with E-state index in [1.54, 1.807) is 0 Å². The molecule has 16 heavy (non-hydrogen) atoms. The highest BCUT2D eigenvalue weighted by Crippen LogP contribution is 2.24. The number of amides is 1. The summed E-state index contributed by atoms with van der Waals surface area (Å²) in [6.07, 6.45) is 4.67. The average molecular weight is 226 g/mol. The molecule has 3 unspecified atom stereocenters. The van der Waals surface area contributed by atoms with Crippen molar-refractivity contribution < 1.29 is 9.53 Å². The lowest BCUT2D eigenvalue weighted by atomic mass is 10.0.